The first-order chi connectivity index (χ1) is 9.01. The van der Waals surface area contributed by atoms with Gasteiger partial charge in [-0.05, 0) is 27.8 Å². The highest BCUT2D eigenvalue weighted by Gasteiger charge is 2.20. The molecule has 0 fully saturated rings. The van der Waals surface area contributed by atoms with E-state index in [0.29, 0.717) is 17.5 Å². The zero-order chi connectivity index (χ0) is 14.4. The van der Waals surface area contributed by atoms with Crippen LogP contribution >= 0.6 is 11.8 Å². The molecule has 0 amide bonds. The highest BCUT2D eigenvalue weighted by atomic mass is 32.2. The second-order valence-electron chi connectivity index (χ2n) is 4.18. The molecule has 1 aromatic rings. The monoisotopic (exact) mass is 288 g/mol. The summed E-state index contributed by atoms with van der Waals surface area (Å²) in [6.07, 6.45) is 0. The zero-order valence-electron chi connectivity index (χ0n) is 11.6. The van der Waals surface area contributed by atoms with Crippen molar-refractivity contribution in [3.8, 4) is 0 Å². The van der Waals surface area contributed by atoms with E-state index in [0.717, 1.165) is 0 Å². The van der Waals surface area contributed by atoms with Crippen molar-refractivity contribution in [2.75, 3.05) is 19.4 Å². The van der Waals surface area contributed by atoms with Crippen LogP contribution in [0.1, 0.15) is 26.8 Å². The van der Waals surface area contributed by atoms with E-state index in [1.165, 1.54) is 11.8 Å². The van der Waals surface area contributed by atoms with Crippen molar-refractivity contribution in [1.29, 1.82) is 0 Å². The van der Waals surface area contributed by atoms with Gasteiger partial charge in [-0.1, -0.05) is 11.8 Å². The van der Waals surface area contributed by atoms with Crippen LogP contribution < -0.4 is 11.0 Å². The Labute approximate surface area is 116 Å². The Hall–Kier alpha value is -1.28. The van der Waals surface area contributed by atoms with Gasteiger partial charge >= 0.3 is 11.7 Å². The van der Waals surface area contributed by atoms with E-state index in [9.17, 15) is 9.59 Å². The van der Waals surface area contributed by atoms with Gasteiger partial charge in [-0.2, -0.15) is 0 Å². The fourth-order valence-corrected chi connectivity index (χ4v) is 2.68. The van der Waals surface area contributed by atoms with E-state index < -0.39 is 6.04 Å². The molecule has 1 atom stereocenters. The molecule has 1 unspecified atom stereocenters. The fraction of sp³-hybridized carbons (Fsp3) is 0.727. The van der Waals surface area contributed by atoms with Crippen molar-refractivity contribution < 1.29 is 9.53 Å². The van der Waals surface area contributed by atoms with Gasteiger partial charge in [-0.3, -0.25) is 9.36 Å². The molecule has 0 saturated carbocycles. The third kappa shape index (κ3) is 4.10. The lowest BCUT2D eigenvalue weighted by atomic mass is 10.3. The van der Waals surface area contributed by atoms with Crippen LogP contribution in [-0.2, 0) is 9.53 Å². The Balaban J connectivity index is 2.70. The molecule has 0 bridgehead atoms. The number of carbonyl (C=O) groups is 1. The minimum Gasteiger partial charge on any atom is -0.465 e. The van der Waals surface area contributed by atoms with E-state index in [4.69, 9.17) is 4.74 Å². The zero-order valence-corrected chi connectivity index (χ0v) is 12.4. The van der Waals surface area contributed by atoms with Gasteiger partial charge in [0.1, 0.15) is 6.04 Å². The number of thioether (sulfide) groups is 1. The molecule has 0 spiro atoms. The summed E-state index contributed by atoms with van der Waals surface area (Å²) in [5, 5.41) is 9.84. The smallest absolute Gasteiger partial charge is 0.344 e. The Kier molecular flexibility index (Phi) is 6.10. The van der Waals surface area contributed by atoms with Gasteiger partial charge in [-0.15, -0.1) is 5.10 Å². The molecule has 1 rings (SSSR count). The molecule has 8 heteroatoms. The summed E-state index contributed by atoms with van der Waals surface area (Å²) in [6.45, 7) is 5.92. The van der Waals surface area contributed by atoms with Crippen molar-refractivity contribution in [2.24, 2.45) is 0 Å². The summed E-state index contributed by atoms with van der Waals surface area (Å²) in [6, 6.07) is -0.401. The van der Waals surface area contributed by atoms with Crippen LogP contribution in [0.3, 0.4) is 0 Å². The third-order valence-electron chi connectivity index (χ3n) is 2.49. The van der Waals surface area contributed by atoms with E-state index in [1.807, 2.05) is 13.8 Å². The number of ether oxygens (including phenoxy) is 1. The first-order valence-electron chi connectivity index (χ1n) is 6.14. The number of aromatic amines is 1. The van der Waals surface area contributed by atoms with E-state index in [-0.39, 0.29) is 17.7 Å². The highest BCUT2D eigenvalue weighted by molar-refractivity contribution is 7.99. The van der Waals surface area contributed by atoms with Gasteiger partial charge in [0.15, 0.2) is 5.16 Å². The number of nitrogens with one attached hydrogen (secondary N) is 2. The van der Waals surface area contributed by atoms with Crippen LogP contribution in [0, 0.1) is 0 Å². The minimum atomic E-state index is -0.419. The Morgan fingerprint density at radius 1 is 1.58 bits per heavy atom. The average Bonchev–Trinajstić information content (AvgIpc) is 2.71. The molecule has 0 aliphatic heterocycles. The second kappa shape index (κ2) is 7.34. The molecule has 19 heavy (non-hydrogen) atoms. The molecule has 1 aromatic heterocycles. The minimum absolute atomic E-state index is 0.0179. The number of H-pyrrole nitrogens is 1. The summed E-state index contributed by atoms with van der Waals surface area (Å²) < 4.78 is 6.51. The number of hydrogen-bond donors (Lipinski definition) is 2. The number of nitrogens with zero attached hydrogens (tertiary/aromatic N) is 2. The second-order valence-corrected chi connectivity index (χ2v) is 5.17. The number of carbonyl (C=O) groups excluding carboxylic acids is 1. The van der Waals surface area contributed by atoms with Crippen LogP contribution in [0.15, 0.2) is 9.95 Å². The lowest BCUT2D eigenvalue weighted by molar-refractivity contribution is -0.144. The normalized spacial score (nSPS) is 12.7. The molecule has 0 radical (unpaired) electrons. The largest absolute Gasteiger partial charge is 0.465 e. The predicted molar refractivity (Wildman–Crippen MR) is 73.4 cm³/mol. The number of esters is 1. The van der Waals surface area contributed by atoms with E-state index >= 15 is 0 Å². The third-order valence-corrected chi connectivity index (χ3v) is 3.53. The van der Waals surface area contributed by atoms with Crippen molar-refractivity contribution in [3.05, 3.63) is 10.5 Å². The molecule has 0 aliphatic carbocycles. The molecule has 0 saturated heterocycles. The standard InChI is InChI=1S/C11H20N4O3S/c1-5-18-9(16)8(12-4)6-19-11-14-13-10(17)15(11)7(2)3/h7-8,12H,5-6H2,1-4H3,(H,13,17). The summed E-state index contributed by atoms with van der Waals surface area (Å²) in [5.41, 5.74) is -0.241. The maximum atomic E-state index is 11.6. The van der Waals surface area contributed by atoms with Crippen molar-refractivity contribution in [1.82, 2.24) is 20.1 Å². The first-order valence-corrected chi connectivity index (χ1v) is 7.13. The van der Waals surface area contributed by atoms with Crippen molar-refractivity contribution in [2.45, 2.75) is 38.0 Å². The van der Waals surface area contributed by atoms with Crippen LogP contribution in [0.4, 0.5) is 0 Å². The van der Waals surface area contributed by atoms with Crippen molar-refractivity contribution >= 4 is 17.7 Å². The van der Waals surface area contributed by atoms with Gasteiger partial charge < -0.3 is 10.1 Å². The Morgan fingerprint density at radius 2 is 2.26 bits per heavy atom. The topological polar surface area (TPSA) is 89.0 Å². The quantitative estimate of drug-likeness (QED) is 0.557. The Morgan fingerprint density at radius 3 is 2.79 bits per heavy atom. The number of rotatable bonds is 7. The molecule has 108 valence electrons. The summed E-state index contributed by atoms with van der Waals surface area (Å²) in [7, 11) is 1.70. The van der Waals surface area contributed by atoms with Gasteiger partial charge in [0.2, 0.25) is 0 Å². The molecular weight excluding hydrogens is 268 g/mol. The summed E-state index contributed by atoms with van der Waals surface area (Å²) in [4.78, 5) is 23.2. The van der Waals surface area contributed by atoms with Gasteiger partial charge in [0, 0.05) is 11.8 Å². The molecule has 2 N–H and O–H groups in total. The van der Waals surface area contributed by atoms with E-state index in [2.05, 4.69) is 15.5 Å². The van der Waals surface area contributed by atoms with Crippen LogP contribution in [0.2, 0.25) is 0 Å². The fourth-order valence-electron chi connectivity index (χ4n) is 1.52. The summed E-state index contributed by atoms with van der Waals surface area (Å²) in [5.74, 6) is 0.151. The lowest BCUT2D eigenvalue weighted by Gasteiger charge is -2.14. The van der Waals surface area contributed by atoms with Crippen molar-refractivity contribution in [3.63, 3.8) is 0 Å². The van der Waals surface area contributed by atoms with Gasteiger partial charge in [-0.25, -0.2) is 9.89 Å². The maximum absolute atomic E-state index is 11.6. The highest BCUT2D eigenvalue weighted by Crippen LogP contribution is 2.17. The van der Waals surface area contributed by atoms with Crippen LogP contribution in [-0.4, -0.2) is 46.2 Å². The SMILES string of the molecule is CCOC(=O)C(CSc1n[nH]c(=O)n1C(C)C)NC. The number of aromatic nitrogens is 3. The van der Waals surface area contributed by atoms with Crippen LogP contribution in [0.5, 0.6) is 0 Å². The molecule has 7 nitrogen and oxygen atoms in total. The Bertz CT molecular complexity index is 469. The van der Waals surface area contributed by atoms with Gasteiger partial charge in [0.25, 0.3) is 0 Å². The van der Waals surface area contributed by atoms with Gasteiger partial charge in [0.05, 0.1) is 6.61 Å². The number of hydrogen-bond acceptors (Lipinski definition) is 6. The summed E-state index contributed by atoms with van der Waals surface area (Å²) >= 11 is 1.34. The molecule has 0 aliphatic rings. The molecular formula is C11H20N4O3S. The van der Waals surface area contributed by atoms with Crippen LogP contribution in [0.25, 0.3) is 0 Å². The number of likely N-dealkylation sites (N-methyl/N-ethyl adjacent to an activating group) is 1. The first kappa shape index (κ1) is 15.8. The predicted octanol–water partition coefficient (Wildman–Crippen LogP) is 0.396. The molecule has 1 heterocycles. The maximum Gasteiger partial charge on any atom is 0.344 e. The average molecular weight is 288 g/mol. The lowest BCUT2D eigenvalue weighted by Crippen LogP contribution is -2.37. The van der Waals surface area contributed by atoms with E-state index in [1.54, 1.807) is 18.5 Å². The molecule has 0 aromatic carbocycles.